The minimum Gasteiger partial charge on any atom is -0.478 e. The molecule has 3 N–H and O–H groups in total. The molecule has 0 bridgehead atoms. The number of aliphatic carboxylic acids is 1. The largest absolute Gasteiger partial charge is 0.478 e. The molecule has 0 spiro atoms. The van der Waals surface area contributed by atoms with E-state index in [0.29, 0.717) is 0 Å². The number of rotatable bonds is 8. The molecule has 0 saturated carbocycles. The van der Waals surface area contributed by atoms with Crippen molar-refractivity contribution in [2.45, 2.75) is 18.4 Å². The van der Waals surface area contributed by atoms with Crippen LogP contribution < -0.4 is 10.6 Å². The third kappa shape index (κ3) is 5.31. The van der Waals surface area contributed by atoms with Crippen LogP contribution in [0.5, 0.6) is 0 Å². The van der Waals surface area contributed by atoms with E-state index in [-0.39, 0.29) is 25.5 Å². The lowest BCUT2D eigenvalue weighted by Gasteiger charge is -2.18. The monoisotopic (exact) mass is 418 g/mol. The lowest BCUT2D eigenvalue weighted by atomic mass is 9.98. The van der Waals surface area contributed by atoms with Crippen molar-refractivity contribution in [1.82, 2.24) is 10.6 Å². The van der Waals surface area contributed by atoms with Gasteiger partial charge in [-0.25, -0.2) is 9.59 Å². The van der Waals surface area contributed by atoms with Gasteiger partial charge in [-0.05, 0) is 22.3 Å². The second-order valence-electron chi connectivity index (χ2n) is 6.92. The van der Waals surface area contributed by atoms with E-state index < -0.39 is 24.0 Å². The summed E-state index contributed by atoms with van der Waals surface area (Å²) in [5.74, 6) is 0.599. The van der Waals surface area contributed by atoms with E-state index in [2.05, 4.69) is 16.6 Å². The number of terminal acetylenes is 1. The zero-order valence-electron chi connectivity index (χ0n) is 16.7. The lowest BCUT2D eigenvalue weighted by Crippen LogP contribution is -2.47. The molecule has 1 unspecified atom stereocenters. The Morgan fingerprint density at radius 1 is 1.10 bits per heavy atom. The van der Waals surface area contributed by atoms with Crippen LogP contribution in [0.1, 0.15) is 23.5 Å². The molecule has 0 saturated heterocycles. The van der Waals surface area contributed by atoms with E-state index in [1.54, 1.807) is 0 Å². The summed E-state index contributed by atoms with van der Waals surface area (Å²) in [5, 5.41) is 13.5. The Labute approximate surface area is 180 Å². The predicted molar refractivity (Wildman–Crippen MR) is 115 cm³/mol. The molecule has 0 heterocycles. The Morgan fingerprint density at radius 2 is 1.71 bits per heavy atom. The summed E-state index contributed by atoms with van der Waals surface area (Å²) in [6.07, 6.45) is 6.71. The summed E-state index contributed by atoms with van der Waals surface area (Å²) in [4.78, 5) is 35.1. The molecule has 3 rings (SSSR count). The van der Waals surface area contributed by atoms with Crippen molar-refractivity contribution < 1.29 is 24.2 Å². The summed E-state index contributed by atoms with van der Waals surface area (Å²) in [7, 11) is 0. The molecule has 1 atom stereocenters. The molecule has 0 radical (unpaired) electrons. The van der Waals surface area contributed by atoms with Gasteiger partial charge in [-0.2, -0.15) is 0 Å². The predicted octanol–water partition coefficient (Wildman–Crippen LogP) is 2.67. The van der Waals surface area contributed by atoms with Crippen LogP contribution in [0.4, 0.5) is 4.79 Å². The molecule has 1 aliphatic carbocycles. The van der Waals surface area contributed by atoms with Crippen LogP contribution in [0.3, 0.4) is 0 Å². The number of hydrogen-bond donors (Lipinski definition) is 3. The van der Waals surface area contributed by atoms with Crippen molar-refractivity contribution in [2.24, 2.45) is 0 Å². The number of carboxylic acids is 1. The first-order valence-corrected chi connectivity index (χ1v) is 9.73. The van der Waals surface area contributed by atoms with E-state index >= 15 is 0 Å². The molecule has 7 heteroatoms. The molecular weight excluding hydrogens is 396 g/mol. The molecule has 1 aliphatic rings. The Balaban J connectivity index is 1.60. The number of benzene rings is 2. The molecule has 31 heavy (non-hydrogen) atoms. The Hall–Kier alpha value is -4.05. The molecule has 0 aliphatic heterocycles. The maximum atomic E-state index is 12.4. The summed E-state index contributed by atoms with van der Waals surface area (Å²) < 4.78 is 5.43. The highest BCUT2D eigenvalue weighted by Gasteiger charge is 2.29. The fourth-order valence-corrected chi connectivity index (χ4v) is 3.55. The SMILES string of the molecule is C#CCC(NC(=O)OCC1c2ccccc2-c2ccccc21)C(=O)NC/C=C/C(=O)O. The average molecular weight is 418 g/mol. The number of carbonyl (C=O) groups excluding carboxylic acids is 2. The molecule has 2 aromatic carbocycles. The first-order valence-electron chi connectivity index (χ1n) is 9.73. The average Bonchev–Trinajstić information content (AvgIpc) is 3.08. The molecular formula is C24H22N2O5. The number of hydrogen-bond acceptors (Lipinski definition) is 4. The van der Waals surface area contributed by atoms with Crippen LogP contribution in [-0.2, 0) is 14.3 Å². The van der Waals surface area contributed by atoms with E-state index in [9.17, 15) is 14.4 Å². The van der Waals surface area contributed by atoms with Gasteiger partial charge in [0, 0.05) is 25.0 Å². The van der Waals surface area contributed by atoms with Gasteiger partial charge in [-0.1, -0.05) is 54.6 Å². The zero-order chi connectivity index (χ0) is 22.2. The quantitative estimate of drug-likeness (QED) is 0.452. The Bertz CT molecular complexity index is 1010. The number of carbonyl (C=O) groups is 3. The highest BCUT2D eigenvalue weighted by atomic mass is 16.5. The minimum atomic E-state index is -1.12. The number of carboxylic acid groups (broad SMARTS) is 1. The normalized spacial score (nSPS) is 13.0. The van der Waals surface area contributed by atoms with Crippen molar-refractivity contribution in [1.29, 1.82) is 0 Å². The van der Waals surface area contributed by atoms with Gasteiger partial charge < -0.3 is 20.5 Å². The Morgan fingerprint density at radius 3 is 2.29 bits per heavy atom. The number of ether oxygens (including phenoxy) is 1. The summed E-state index contributed by atoms with van der Waals surface area (Å²) >= 11 is 0. The smallest absolute Gasteiger partial charge is 0.407 e. The van der Waals surface area contributed by atoms with Crippen molar-refractivity contribution in [2.75, 3.05) is 13.2 Å². The second kappa shape index (κ2) is 10.1. The van der Waals surface area contributed by atoms with Crippen LogP contribution in [0.15, 0.2) is 60.7 Å². The maximum absolute atomic E-state index is 12.4. The van der Waals surface area contributed by atoms with Gasteiger partial charge in [0.05, 0.1) is 0 Å². The Kier molecular flexibility index (Phi) is 7.07. The molecule has 2 aromatic rings. The third-order valence-corrected chi connectivity index (χ3v) is 4.93. The van der Waals surface area contributed by atoms with Gasteiger partial charge in [-0.3, -0.25) is 4.79 Å². The zero-order valence-corrected chi connectivity index (χ0v) is 16.7. The second-order valence-corrected chi connectivity index (χ2v) is 6.92. The maximum Gasteiger partial charge on any atom is 0.407 e. The van der Waals surface area contributed by atoms with E-state index in [4.69, 9.17) is 16.3 Å². The lowest BCUT2D eigenvalue weighted by molar-refractivity contribution is -0.131. The van der Waals surface area contributed by atoms with E-state index in [0.717, 1.165) is 28.3 Å². The molecule has 0 fully saturated rings. The van der Waals surface area contributed by atoms with E-state index in [1.165, 1.54) is 6.08 Å². The highest BCUT2D eigenvalue weighted by Crippen LogP contribution is 2.44. The first-order chi connectivity index (χ1) is 15.0. The first kappa shape index (κ1) is 21.7. The van der Waals surface area contributed by atoms with Gasteiger partial charge in [0.1, 0.15) is 12.6 Å². The summed E-state index contributed by atoms with van der Waals surface area (Å²) in [5.41, 5.74) is 4.40. The molecule has 158 valence electrons. The number of fused-ring (bicyclic) bond motifs is 3. The molecule has 7 nitrogen and oxygen atoms in total. The van der Waals surface area contributed by atoms with Crippen molar-refractivity contribution in [3.05, 3.63) is 71.8 Å². The highest BCUT2D eigenvalue weighted by molar-refractivity contribution is 5.86. The summed E-state index contributed by atoms with van der Waals surface area (Å²) in [6, 6.07) is 15.0. The van der Waals surface area contributed by atoms with Gasteiger partial charge in [0.2, 0.25) is 5.91 Å². The minimum absolute atomic E-state index is 0.00141. The third-order valence-electron chi connectivity index (χ3n) is 4.93. The number of nitrogens with one attached hydrogen (secondary N) is 2. The number of amides is 2. The van der Waals surface area contributed by atoms with Crippen molar-refractivity contribution in [3.63, 3.8) is 0 Å². The topological polar surface area (TPSA) is 105 Å². The van der Waals surface area contributed by atoms with E-state index in [1.807, 2.05) is 48.5 Å². The van der Waals surface area contributed by atoms with Gasteiger partial charge in [0.25, 0.3) is 0 Å². The van der Waals surface area contributed by atoms with Crippen molar-refractivity contribution >= 4 is 18.0 Å². The van der Waals surface area contributed by atoms with Gasteiger partial charge in [-0.15, -0.1) is 12.3 Å². The van der Waals surface area contributed by atoms with Crippen LogP contribution in [0.25, 0.3) is 11.1 Å². The molecule has 2 amide bonds. The fourth-order valence-electron chi connectivity index (χ4n) is 3.55. The van der Waals surface area contributed by atoms with Crippen molar-refractivity contribution in [3.8, 4) is 23.5 Å². The molecule has 0 aromatic heterocycles. The summed E-state index contributed by atoms with van der Waals surface area (Å²) in [6.45, 7) is 0.115. The van der Waals surface area contributed by atoms with Crippen LogP contribution in [-0.4, -0.2) is 42.3 Å². The number of alkyl carbamates (subject to hydrolysis) is 1. The standard InChI is InChI=1S/C24H22N2O5/c1-2-8-21(23(29)25-14-7-13-22(27)28)26-24(30)31-15-20-18-11-5-3-9-16(18)17-10-4-6-12-19(17)20/h1,3-7,9-13,20-21H,8,14-15H2,(H,25,29)(H,26,30)(H,27,28)/b13-7+. The van der Waals surface area contributed by atoms with Crippen LogP contribution >= 0.6 is 0 Å². The van der Waals surface area contributed by atoms with Crippen LogP contribution in [0, 0.1) is 12.3 Å². The van der Waals surface area contributed by atoms with Gasteiger partial charge >= 0.3 is 12.1 Å². The fraction of sp³-hybridized carbons (Fsp3) is 0.208. The van der Waals surface area contributed by atoms with Crippen LogP contribution in [0.2, 0.25) is 0 Å². The van der Waals surface area contributed by atoms with Gasteiger partial charge in [0.15, 0.2) is 0 Å².